The number of rotatable bonds is 5. The van der Waals surface area contributed by atoms with Gasteiger partial charge < -0.3 is 5.73 Å². The molecule has 0 heterocycles. The van der Waals surface area contributed by atoms with E-state index in [1.165, 1.54) is 4.31 Å². The number of benzene rings is 1. The molecule has 0 aliphatic heterocycles. The van der Waals surface area contributed by atoms with Crippen LogP contribution in [-0.4, -0.2) is 25.8 Å². The fourth-order valence-corrected chi connectivity index (χ4v) is 3.42. The van der Waals surface area contributed by atoms with E-state index < -0.39 is 10.0 Å². The topological polar surface area (TPSA) is 63.4 Å². The van der Waals surface area contributed by atoms with E-state index in [-0.39, 0.29) is 10.9 Å². The molecule has 5 heteroatoms. The van der Waals surface area contributed by atoms with Crippen LogP contribution in [0.4, 0.5) is 5.69 Å². The molecule has 1 atom stereocenters. The minimum absolute atomic E-state index is 0.0467. The Morgan fingerprint density at radius 3 is 2.28 bits per heavy atom. The van der Waals surface area contributed by atoms with Crippen LogP contribution in [0.25, 0.3) is 0 Å². The molecule has 102 valence electrons. The molecule has 1 rings (SSSR count). The summed E-state index contributed by atoms with van der Waals surface area (Å²) in [5.74, 6) is 0.450. The van der Waals surface area contributed by atoms with Crippen LogP contribution in [0, 0.1) is 5.92 Å². The summed E-state index contributed by atoms with van der Waals surface area (Å²) in [6, 6.07) is 6.52. The fraction of sp³-hybridized carbons (Fsp3) is 0.538. The highest BCUT2D eigenvalue weighted by molar-refractivity contribution is 7.89. The second kappa shape index (κ2) is 5.71. The SMILES string of the molecule is CC(C)CC(C)N(C)S(=O)(=O)c1ccccc1N. The lowest BCUT2D eigenvalue weighted by atomic mass is 10.1. The van der Waals surface area contributed by atoms with Gasteiger partial charge in [-0.05, 0) is 31.4 Å². The number of para-hydroxylation sites is 1. The summed E-state index contributed by atoms with van der Waals surface area (Å²) in [5, 5.41) is 0. The number of hydrogen-bond acceptors (Lipinski definition) is 3. The molecule has 0 spiro atoms. The summed E-state index contributed by atoms with van der Waals surface area (Å²) in [7, 11) is -1.90. The highest BCUT2D eigenvalue weighted by Crippen LogP contribution is 2.24. The molecular weight excluding hydrogens is 248 g/mol. The third-order valence-corrected chi connectivity index (χ3v) is 5.06. The monoisotopic (exact) mass is 270 g/mol. The van der Waals surface area contributed by atoms with Gasteiger partial charge in [0, 0.05) is 13.1 Å². The molecule has 0 amide bonds. The predicted molar refractivity (Wildman–Crippen MR) is 74.7 cm³/mol. The molecule has 0 radical (unpaired) electrons. The lowest BCUT2D eigenvalue weighted by Crippen LogP contribution is -2.36. The second-order valence-corrected chi connectivity index (χ2v) is 7.00. The second-order valence-electron chi connectivity index (χ2n) is 5.04. The minimum atomic E-state index is -3.51. The first kappa shape index (κ1) is 15.0. The van der Waals surface area contributed by atoms with Crippen LogP contribution in [0.2, 0.25) is 0 Å². The zero-order valence-corrected chi connectivity index (χ0v) is 12.2. The molecule has 0 aliphatic rings. The van der Waals surface area contributed by atoms with E-state index in [4.69, 9.17) is 5.73 Å². The van der Waals surface area contributed by atoms with Gasteiger partial charge in [0.25, 0.3) is 0 Å². The summed E-state index contributed by atoms with van der Waals surface area (Å²) < 4.78 is 26.2. The van der Waals surface area contributed by atoms with Crippen LogP contribution in [0.15, 0.2) is 29.2 Å². The maximum atomic E-state index is 12.4. The Morgan fingerprint density at radius 2 is 1.78 bits per heavy atom. The van der Waals surface area contributed by atoms with Gasteiger partial charge in [0.2, 0.25) is 10.0 Å². The van der Waals surface area contributed by atoms with E-state index in [0.717, 1.165) is 6.42 Å². The van der Waals surface area contributed by atoms with Crippen molar-refractivity contribution in [2.24, 2.45) is 5.92 Å². The van der Waals surface area contributed by atoms with Crippen molar-refractivity contribution in [3.8, 4) is 0 Å². The van der Waals surface area contributed by atoms with Gasteiger partial charge in [-0.25, -0.2) is 8.42 Å². The lowest BCUT2D eigenvalue weighted by Gasteiger charge is -2.26. The third kappa shape index (κ3) is 3.23. The molecule has 4 nitrogen and oxygen atoms in total. The van der Waals surface area contributed by atoms with E-state index in [9.17, 15) is 8.42 Å². The van der Waals surface area contributed by atoms with Crippen LogP contribution < -0.4 is 5.73 Å². The van der Waals surface area contributed by atoms with Crippen molar-refractivity contribution in [2.75, 3.05) is 12.8 Å². The number of hydrogen-bond donors (Lipinski definition) is 1. The molecule has 0 bridgehead atoms. The highest BCUT2D eigenvalue weighted by Gasteiger charge is 2.27. The lowest BCUT2D eigenvalue weighted by molar-refractivity contribution is 0.338. The number of sulfonamides is 1. The first-order chi connectivity index (χ1) is 8.26. The molecule has 0 fully saturated rings. The highest BCUT2D eigenvalue weighted by atomic mass is 32.2. The maximum Gasteiger partial charge on any atom is 0.245 e. The molecule has 1 unspecified atom stereocenters. The smallest absolute Gasteiger partial charge is 0.245 e. The Labute approximate surface area is 110 Å². The van der Waals surface area contributed by atoms with E-state index in [1.807, 2.05) is 6.92 Å². The molecule has 1 aromatic rings. The van der Waals surface area contributed by atoms with E-state index in [2.05, 4.69) is 13.8 Å². The zero-order valence-electron chi connectivity index (χ0n) is 11.4. The zero-order chi connectivity index (χ0) is 13.9. The van der Waals surface area contributed by atoms with E-state index in [0.29, 0.717) is 11.6 Å². The van der Waals surface area contributed by atoms with Gasteiger partial charge in [-0.3, -0.25) is 0 Å². The molecular formula is C13H22N2O2S. The van der Waals surface area contributed by atoms with Crippen molar-refractivity contribution in [3.63, 3.8) is 0 Å². The average Bonchev–Trinajstić information content (AvgIpc) is 2.27. The Balaban J connectivity index is 3.04. The van der Waals surface area contributed by atoms with Crippen molar-refractivity contribution in [1.29, 1.82) is 0 Å². The van der Waals surface area contributed by atoms with Gasteiger partial charge in [0.1, 0.15) is 4.90 Å². The molecule has 18 heavy (non-hydrogen) atoms. The largest absolute Gasteiger partial charge is 0.398 e. The Morgan fingerprint density at radius 1 is 1.22 bits per heavy atom. The maximum absolute atomic E-state index is 12.4. The van der Waals surface area contributed by atoms with Crippen LogP contribution in [0.5, 0.6) is 0 Å². The Hall–Kier alpha value is -1.07. The minimum Gasteiger partial charge on any atom is -0.398 e. The molecule has 0 saturated heterocycles. The van der Waals surface area contributed by atoms with Gasteiger partial charge >= 0.3 is 0 Å². The van der Waals surface area contributed by atoms with Gasteiger partial charge in [-0.1, -0.05) is 26.0 Å². The number of nitrogen functional groups attached to an aromatic ring is 1. The summed E-state index contributed by atoms with van der Waals surface area (Å²) in [6.07, 6.45) is 0.822. The van der Waals surface area contributed by atoms with Crippen molar-refractivity contribution in [1.82, 2.24) is 4.31 Å². The van der Waals surface area contributed by atoms with Crippen LogP contribution >= 0.6 is 0 Å². The number of anilines is 1. The first-order valence-corrected chi connectivity index (χ1v) is 7.53. The van der Waals surface area contributed by atoms with Crippen molar-refractivity contribution >= 4 is 15.7 Å². The van der Waals surface area contributed by atoms with Crippen molar-refractivity contribution in [3.05, 3.63) is 24.3 Å². The van der Waals surface area contributed by atoms with E-state index >= 15 is 0 Å². The van der Waals surface area contributed by atoms with Crippen LogP contribution in [0.3, 0.4) is 0 Å². The average molecular weight is 270 g/mol. The molecule has 0 saturated carbocycles. The summed E-state index contributed by atoms with van der Waals surface area (Å²) in [6.45, 7) is 6.07. The molecule has 2 N–H and O–H groups in total. The fourth-order valence-electron chi connectivity index (χ4n) is 1.94. The molecule has 0 aromatic heterocycles. The normalized spacial score (nSPS) is 14.1. The van der Waals surface area contributed by atoms with Gasteiger partial charge in [0.05, 0.1) is 5.69 Å². The van der Waals surface area contributed by atoms with Crippen molar-refractivity contribution in [2.45, 2.75) is 38.1 Å². The third-order valence-electron chi connectivity index (χ3n) is 3.01. The Bertz CT molecular complexity index is 497. The predicted octanol–water partition coefficient (Wildman–Crippen LogP) is 2.32. The van der Waals surface area contributed by atoms with Crippen LogP contribution in [0.1, 0.15) is 27.2 Å². The quantitative estimate of drug-likeness (QED) is 0.835. The molecule has 1 aromatic carbocycles. The summed E-state index contributed by atoms with van der Waals surface area (Å²) >= 11 is 0. The first-order valence-electron chi connectivity index (χ1n) is 6.09. The van der Waals surface area contributed by atoms with Gasteiger partial charge in [0.15, 0.2) is 0 Å². The van der Waals surface area contributed by atoms with Gasteiger partial charge in [-0.2, -0.15) is 4.31 Å². The standard InChI is InChI=1S/C13H22N2O2S/c1-10(2)9-11(3)15(4)18(16,17)13-8-6-5-7-12(13)14/h5-8,10-11H,9,14H2,1-4H3. The summed E-state index contributed by atoms with van der Waals surface area (Å²) in [4.78, 5) is 0.183. The summed E-state index contributed by atoms with van der Waals surface area (Å²) in [5.41, 5.74) is 6.03. The van der Waals surface area contributed by atoms with Gasteiger partial charge in [-0.15, -0.1) is 0 Å². The number of nitrogens with two attached hydrogens (primary N) is 1. The Kier molecular flexibility index (Phi) is 4.76. The number of nitrogens with zero attached hydrogens (tertiary/aromatic N) is 1. The molecule has 0 aliphatic carbocycles. The van der Waals surface area contributed by atoms with Crippen molar-refractivity contribution < 1.29 is 8.42 Å². The van der Waals surface area contributed by atoms with E-state index in [1.54, 1.807) is 31.3 Å². The van der Waals surface area contributed by atoms with Crippen LogP contribution in [-0.2, 0) is 10.0 Å².